The van der Waals surface area contributed by atoms with Crippen LogP contribution >= 0.6 is 0 Å². The van der Waals surface area contributed by atoms with Gasteiger partial charge in [0.2, 0.25) is 11.8 Å². The second-order valence-corrected chi connectivity index (χ2v) is 6.64. The molecule has 1 heterocycles. The zero-order chi connectivity index (χ0) is 21.3. The van der Waals surface area contributed by atoms with Gasteiger partial charge in [-0.05, 0) is 23.8 Å². The van der Waals surface area contributed by atoms with Crippen LogP contribution in [-0.2, 0) is 22.3 Å². The fourth-order valence-corrected chi connectivity index (χ4v) is 3.16. The first-order valence-electron chi connectivity index (χ1n) is 8.64. The van der Waals surface area contributed by atoms with Crippen molar-refractivity contribution in [1.82, 2.24) is 0 Å². The number of carbonyl (C=O) groups excluding carboxylic acids is 2. The van der Waals surface area contributed by atoms with Crippen LogP contribution in [-0.4, -0.2) is 16.7 Å². The lowest BCUT2D eigenvalue weighted by molar-refractivity contribution is -0.383. The molecular formula is C19H16F3N3O4. The van der Waals surface area contributed by atoms with Gasteiger partial charge in [0.1, 0.15) is 5.69 Å². The van der Waals surface area contributed by atoms with Crippen LogP contribution in [0.2, 0.25) is 0 Å². The van der Waals surface area contributed by atoms with Crippen molar-refractivity contribution in [3.8, 4) is 0 Å². The van der Waals surface area contributed by atoms with Crippen molar-refractivity contribution in [3.05, 3.63) is 63.7 Å². The molecule has 0 aromatic heterocycles. The SMILES string of the molecule is CC1CC(=O)N(c2ccc(NCc3ccccc3C(F)(F)F)c([N+](=O)[O-])c2)C1=O. The van der Waals surface area contributed by atoms with Crippen molar-refractivity contribution in [2.24, 2.45) is 5.92 Å². The molecule has 1 aliphatic rings. The topological polar surface area (TPSA) is 92.6 Å². The van der Waals surface area contributed by atoms with E-state index in [0.717, 1.165) is 17.0 Å². The second kappa shape index (κ2) is 7.53. The maximum atomic E-state index is 13.1. The molecule has 7 nitrogen and oxygen atoms in total. The number of nitro benzene ring substituents is 1. The van der Waals surface area contributed by atoms with E-state index < -0.39 is 40.1 Å². The molecular weight excluding hydrogens is 391 g/mol. The van der Waals surface area contributed by atoms with Crippen molar-refractivity contribution < 1.29 is 27.7 Å². The Labute approximate surface area is 163 Å². The van der Waals surface area contributed by atoms with Gasteiger partial charge in [0.05, 0.1) is 16.2 Å². The highest BCUT2D eigenvalue weighted by Crippen LogP contribution is 2.35. The van der Waals surface area contributed by atoms with Gasteiger partial charge in [-0.3, -0.25) is 24.6 Å². The summed E-state index contributed by atoms with van der Waals surface area (Å²) in [5.41, 5.74) is -1.33. The highest BCUT2D eigenvalue weighted by atomic mass is 19.4. The molecule has 1 atom stereocenters. The van der Waals surface area contributed by atoms with Gasteiger partial charge in [-0.25, -0.2) is 0 Å². The van der Waals surface area contributed by atoms with Crippen LogP contribution in [0.1, 0.15) is 24.5 Å². The first-order valence-corrected chi connectivity index (χ1v) is 8.64. The molecule has 1 saturated heterocycles. The molecule has 1 unspecified atom stereocenters. The van der Waals surface area contributed by atoms with Crippen LogP contribution in [0, 0.1) is 16.0 Å². The van der Waals surface area contributed by atoms with E-state index in [-0.39, 0.29) is 29.9 Å². The molecule has 2 aromatic rings. The molecule has 1 aliphatic heterocycles. The van der Waals surface area contributed by atoms with Gasteiger partial charge in [-0.1, -0.05) is 25.1 Å². The Morgan fingerprint density at radius 2 is 1.90 bits per heavy atom. The number of benzene rings is 2. The first-order chi connectivity index (χ1) is 13.6. The van der Waals surface area contributed by atoms with Gasteiger partial charge < -0.3 is 5.32 Å². The summed E-state index contributed by atoms with van der Waals surface area (Å²) in [6.45, 7) is 1.29. The summed E-state index contributed by atoms with van der Waals surface area (Å²) in [7, 11) is 0. The molecule has 0 bridgehead atoms. The number of amides is 2. The van der Waals surface area contributed by atoms with Crippen molar-refractivity contribution in [1.29, 1.82) is 0 Å². The third-order valence-electron chi connectivity index (χ3n) is 4.60. The number of nitrogens with one attached hydrogen (secondary N) is 1. The van der Waals surface area contributed by atoms with Crippen LogP contribution in [0.15, 0.2) is 42.5 Å². The first kappa shape index (κ1) is 20.3. The van der Waals surface area contributed by atoms with E-state index >= 15 is 0 Å². The number of halogens is 3. The Morgan fingerprint density at radius 3 is 2.48 bits per heavy atom. The fraction of sp³-hybridized carbons (Fsp3) is 0.263. The molecule has 0 radical (unpaired) electrons. The van der Waals surface area contributed by atoms with Crippen LogP contribution < -0.4 is 10.2 Å². The Hall–Kier alpha value is -3.43. The van der Waals surface area contributed by atoms with Crippen LogP contribution in [0.25, 0.3) is 0 Å². The third-order valence-corrected chi connectivity index (χ3v) is 4.60. The van der Waals surface area contributed by atoms with E-state index in [2.05, 4.69) is 5.32 Å². The third kappa shape index (κ3) is 4.05. The van der Waals surface area contributed by atoms with Gasteiger partial charge in [0, 0.05) is 24.9 Å². The van der Waals surface area contributed by atoms with Crippen LogP contribution in [0.3, 0.4) is 0 Å². The fourth-order valence-electron chi connectivity index (χ4n) is 3.16. The second-order valence-electron chi connectivity index (χ2n) is 6.64. The number of anilines is 2. The number of rotatable bonds is 5. The molecule has 0 saturated carbocycles. The van der Waals surface area contributed by atoms with Gasteiger partial charge >= 0.3 is 6.18 Å². The number of imide groups is 1. The van der Waals surface area contributed by atoms with Gasteiger partial charge in [0.25, 0.3) is 5.69 Å². The lowest BCUT2D eigenvalue weighted by Gasteiger charge is -2.16. The summed E-state index contributed by atoms with van der Waals surface area (Å²) < 4.78 is 39.3. The van der Waals surface area contributed by atoms with Crippen LogP contribution in [0.5, 0.6) is 0 Å². The highest BCUT2D eigenvalue weighted by molar-refractivity contribution is 6.21. The Bertz CT molecular complexity index is 991. The number of hydrogen-bond donors (Lipinski definition) is 1. The Morgan fingerprint density at radius 1 is 1.21 bits per heavy atom. The quantitative estimate of drug-likeness (QED) is 0.457. The number of alkyl halides is 3. The van der Waals surface area contributed by atoms with E-state index in [0.29, 0.717) is 0 Å². The number of hydrogen-bond acceptors (Lipinski definition) is 5. The summed E-state index contributed by atoms with van der Waals surface area (Å²) in [6.07, 6.45) is -4.54. The molecule has 0 spiro atoms. The summed E-state index contributed by atoms with van der Waals surface area (Å²) in [5.74, 6) is -1.43. The molecule has 3 rings (SSSR count). The maximum absolute atomic E-state index is 13.1. The van der Waals surface area contributed by atoms with Gasteiger partial charge in [-0.2, -0.15) is 13.2 Å². The zero-order valence-corrected chi connectivity index (χ0v) is 15.2. The lowest BCUT2D eigenvalue weighted by atomic mass is 10.1. The number of nitro groups is 1. The predicted octanol–water partition coefficient (Wildman–Crippen LogP) is 4.13. The van der Waals surface area contributed by atoms with Crippen molar-refractivity contribution in [2.75, 3.05) is 10.2 Å². The summed E-state index contributed by atoms with van der Waals surface area (Å²) in [5, 5.41) is 14.1. The minimum Gasteiger partial charge on any atom is -0.375 e. The van der Waals surface area contributed by atoms with E-state index in [1.807, 2.05) is 0 Å². The average Bonchev–Trinajstić information content (AvgIpc) is 2.91. The van der Waals surface area contributed by atoms with E-state index in [1.165, 1.54) is 30.3 Å². The Balaban J connectivity index is 1.89. The number of nitrogens with zero attached hydrogens (tertiary/aromatic N) is 2. The van der Waals surface area contributed by atoms with Gasteiger partial charge in [0.15, 0.2) is 0 Å². The van der Waals surface area contributed by atoms with Crippen LogP contribution in [0.4, 0.5) is 30.2 Å². The summed E-state index contributed by atoms with van der Waals surface area (Å²) in [4.78, 5) is 35.8. The predicted molar refractivity (Wildman–Crippen MR) is 98.1 cm³/mol. The zero-order valence-electron chi connectivity index (χ0n) is 15.2. The Kier molecular flexibility index (Phi) is 5.27. The molecule has 0 aliphatic carbocycles. The van der Waals surface area contributed by atoms with Crippen molar-refractivity contribution in [2.45, 2.75) is 26.1 Å². The van der Waals surface area contributed by atoms with E-state index in [1.54, 1.807) is 6.92 Å². The monoisotopic (exact) mass is 407 g/mol. The molecule has 1 fully saturated rings. The molecule has 2 amide bonds. The smallest absolute Gasteiger partial charge is 0.375 e. The van der Waals surface area contributed by atoms with E-state index in [9.17, 15) is 32.9 Å². The lowest BCUT2D eigenvalue weighted by Crippen LogP contribution is -2.30. The molecule has 2 aromatic carbocycles. The number of carbonyl (C=O) groups is 2. The molecule has 152 valence electrons. The minimum absolute atomic E-state index is 0.0147. The summed E-state index contributed by atoms with van der Waals surface area (Å²) in [6, 6.07) is 8.58. The van der Waals surface area contributed by atoms with Gasteiger partial charge in [-0.15, -0.1) is 0 Å². The van der Waals surface area contributed by atoms with Crippen molar-refractivity contribution >= 4 is 28.9 Å². The average molecular weight is 407 g/mol. The maximum Gasteiger partial charge on any atom is 0.416 e. The summed E-state index contributed by atoms with van der Waals surface area (Å²) >= 11 is 0. The van der Waals surface area contributed by atoms with E-state index in [4.69, 9.17) is 0 Å². The normalized spacial score (nSPS) is 17.0. The van der Waals surface area contributed by atoms with Crippen molar-refractivity contribution in [3.63, 3.8) is 0 Å². The highest BCUT2D eigenvalue weighted by Gasteiger charge is 2.37. The molecule has 1 N–H and O–H groups in total. The minimum atomic E-state index is -4.55. The molecule has 10 heteroatoms. The standard InChI is InChI=1S/C19H16F3N3O4/c1-11-8-17(26)24(18(11)27)13-6-7-15(16(9-13)25(28)29)23-10-12-4-2-3-5-14(12)19(20,21)22/h2-7,9,11,23H,8,10H2,1H3. The molecule has 29 heavy (non-hydrogen) atoms. The largest absolute Gasteiger partial charge is 0.416 e.